The van der Waals surface area contributed by atoms with Crippen molar-refractivity contribution in [3.63, 3.8) is 0 Å². The topological polar surface area (TPSA) is 27.7 Å². The van der Waals surface area contributed by atoms with Crippen molar-refractivity contribution in [2.45, 2.75) is 19.3 Å². The predicted molar refractivity (Wildman–Crippen MR) is 126 cm³/mol. The van der Waals surface area contributed by atoms with E-state index in [1.165, 1.54) is 22.3 Å². The molecule has 3 nitrogen and oxygen atoms in total. The van der Waals surface area contributed by atoms with E-state index in [1.807, 2.05) is 26.0 Å². The zero-order valence-corrected chi connectivity index (χ0v) is 18.2. The van der Waals surface area contributed by atoms with E-state index >= 15 is 0 Å². The summed E-state index contributed by atoms with van der Waals surface area (Å²) in [6.07, 6.45) is 0. The molecule has 4 aromatic carbocycles. The molecule has 0 N–H and O–H groups in total. The first kappa shape index (κ1) is 19.0. The number of ether oxygens (including phenoxy) is 3. The molecule has 0 fully saturated rings. The largest absolute Gasteiger partial charge is 0.494 e. The van der Waals surface area contributed by atoms with E-state index in [0.717, 1.165) is 34.1 Å². The molecule has 0 saturated heterocycles. The van der Waals surface area contributed by atoms with Crippen LogP contribution in [-0.2, 0) is 5.41 Å². The molecule has 0 atom stereocenters. The highest BCUT2D eigenvalue weighted by atomic mass is 16.5. The smallest absolute Gasteiger partial charge is 0.135 e. The van der Waals surface area contributed by atoms with Gasteiger partial charge in [-0.15, -0.1) is 0 Å². The van der Waals surface area contributed by atoms with Crippen LogP contribution in [0.2, 0.25) is 0 Å². The van der Waals surface area contributed by atoms with Crippen LogP contribution >= 0.6 is 0 Å². The molecule has 32 heavy (non-hydrogen) atoms. The highest BCUT2D eigenvalue weighted by Crippen LogP contribution is 2.62. The molecule has 2 aliphatic rings. The number of hydrogen-bond acceptors (Lipinski definition) is 3. The fourth-order valence-electron chi connectivity index (χ4n) is 5.39. The summed E-state index contributed by atoms with van der Waals surface area (Å²) in [7, 11) is 0. The van der Waals surface area contributed by atoms with Gasteiger partial charge in [0.15, 0.2) is 0 Å². The zero-order valence-electron chi connectivity index (χ0n) is 18.2. The monoisotopic (exact) mass is 420 g/mol. The second-order valence-corrected chi connectivity index (χ2v) is 8.13. The van der Waals surface area contributed by atoms with Gasteiger partial charge >= 0.3 is 0 Å². The van der Waals surface area contributed by atoms with E-state index in [2.05, 4.69) is 72.8 Å². The van der Waals surface area contributed by atoms with Crippen LogP contribution in [0.15, 0.2) is 84.9 Å². The van der Waals surface area contributed by atoms with Gasteiger partial charge in [0.1, 0.15) is 23.0 Å². The Kier molecular flexibility index (Phi) is 4.25. The highest BCUT2D eigenvalue weighted by Gasteiger charge is 2.51. The average molecular weight is 421 g/mol. The first-order chi connectivity index (χ1) is 15.8. The van der Waals surface area contributed by atoms with Crippen LogP contribution in [0.5, 0.6) is 23.0 Å². The quantitative estimate of drug-likeness (QED) is 0.309. The van der Waals surface area contributed by atoms with E-state index in [9.17, 15) is 0 Å². The van der Waals surface area contributed by atoms with Gasteiger partial charge in [-0.25, -0.2) is 0 Å². The number of fused-ring (bicyclic) bond motifs is 9. The first-order valence-electron chi connectivity index (χ1n) is 11.2. The fourth-order valence-corrected chi connectivity index (χ4v) is 5.39. The Hall–Kier alpha value is -3.72. The van der Waals surface area contributed by atoms with Crippen molar-refractivity contribution in [3.05, 3.63) is 107 Å². The Labute approximate surface area is 188 Å². The van der Waals surface area contributed by atoms with Gasteiger partial charge < -0.3 is 14.2 Å². The summed E-state index contributed by atoms with van der Waals surface area (Å²) in [5.41, 5.74) is 6.91. The van der Waals surface area contributed by atoms with Crippen LogP contribution in [0.3, 0.4) is 0 Å². The Balaban J connectivity index is 1.72. The van der Waals surface area contributed by atoms with Crippen LogP contribution in [0, 0.1) is 0 Å². The summed E-state index contributed by atoms with van der Waals surface area (Å²) < 4.78 is 18.1. The molecule has 0 radical (unpaired) electrons. The molecule has 0 saturated carbocycles. The molecule has 0 bridgehead atoms. The standard InChI is InChI=1S/C29H24O3/c1-3-30-19-13-15-25-27(17-19)32-28-18-20(31-4-2)14-16-26(28)29(25)23-11-7-5-9-21(23)22-10-6-8-12-24(22)29/h5-18H,3-4H2,1-2H3. The Morgan fingerprint density at radius 3 is 1.53 bits per heavy atom. The predicted octanol–water partition coefficient (Wildman–Crippen LogP) is 6.95. The molecule has 6 rings (SSSR count). The third-order valence-electron chi connectivity index (χ3n) is 6.51. The third-order valence-corrected chi connectivity index (χ3v) is 6.51. The fraction of sp³-hybridized carbons (Fsp3) is 0.172. The minimum absolute atomic E-state index is 0.453. The van der Waals surface area contributed by atoms with Crippen LogP contribution < -0.4 is 14.2 Å². The van der Waals surface area contributed by atoms with Gasteiger partial charge in [0.05, 0.1) is 18.6 Å². The van der Waals surface area contributed by atoms with Gasteiger partial charge in [0.2, 0.25) is 0 Å². The van der Waals surface area contributed by atoms with Crippen LogP contribution in [-0.4, -0.2) is 13.2 Å². The van der Waals surface area contributed by atoms with E-state index < -0.39 is 5.41 Å². The van der Waals surface area contributed by atoms with Crippen LogP contribution in [0.4, 0.5) is 0 Å². The van der Waals surface area contributed by atoms with Crippen molar-refractivity contribution in [3.8, 4) is 34.1 Å². The van der Waals surface area contributed by atoms with Crippen molar-refractivity contribution in [2.75, 3.05) is 13.2 Å². The summed E-state index contributed by atoms with van der Waals surface area (Å²) in [6.45, 7) is 5.21. The number of benzene rings is 4. The van der Waals surface area contributed by atoms with Crippen molar-refractivity contribution in [1.29, 1.82) is 0 Å². The normalized spacial score (nSPS) is 14.1. The molecule has 1 aliphatic heterocycles. The molecule has 158 valence electrons. The van der Waals surface area contributed by atoms with Crippen molar-refractivity contribution < 1.29 is 14.2 Å². The van der Waals surface area contributed by atoms with Crippen molar-refractivity contribution in [1.82, 2.24) is 0 Å². The molecule has 0 aromatic heterocycles. The highest BCUT2D eigenvalue weighted by molar-refractivity contribution is 5.88. The van der Waals surface area contributed by atoms with Gasteiger partial charge in [-0.05, 0) is 48.2 Å². The lowest BCUT2D eigenvalue weighted by molar-refractivity contribution is 0.333. The SMILES string of the molecule is CCOc1ccc2c(c1)Oc1cc(OCC)ccc1C21c2ccccc2-c2ccccc21. The van der Waals surface area contributed by atoms with Gasteiger partial charge in [0.25, 0.3) is 0 Å². The van der Waals surface area contributed by atoms with Gasteiger partial charge in [-0.2, -0.15) is 0 Å². The molecule has 3 heteroatoms. The van der Waals surface area contributed by atoms with Gasteiger partial charge in [0, 0.05) is 23.3 Å². The van der Waals surface area contributed by atoms with E-state index in [1.54, 1.807) is 0 Å². The minimum atomic E-state index is -0.453. The molecule has 4 aromatic rings. The number of hydrogen-bond donors (Lipinski definition) is 0. The van der Waals surface area contributed by atoms with Crippen LogP contribution in [0.1, 0.15) is 36.1 Å². The van der Waals surface area contributed by atoms with E-state index in [0.29, 0.717) is 13.2 Å². The number of rotatable bonds is 4. The second kappa shape index (κ2) is 7.16. The third kappa shape index (κ3) is 2.48. The lowest BCUT2D eigenvalue weighted by atomic mass is 9.66. The molecule has 0 amide bonds. The Morgan fingerprint density at radius 1 is 0.594 bits per heavy atom. The molecular formula is C29H24O3. The summed E-state index contributed by atoms with van der Waals surface area (Å²) in [6, 6.07) is 29.9. The van der Waals surface area contributed by atoms with Crippen molar-refractivity contribution >= 4 is 0 Å². The van der Waals surface area contributed by atoms with Gasteiger partial charge in [-0.3, -0.25) is 0 Å². The summed E-state index contributed by atoms with van der Waals surface area (Å²) >= 11 is 0. The minimum Gasteiger partial charge on any atom is -0.494 e. The maximum atomic E-state index is 6.51. The molecule has 1 aliphatic carbocycles. The molecular weight excluding hydrogens is 396 g/mol. The summed E-state index contributed by atoms with van der Waals surface area (Å²) in [4.78, 5) is 0. The van der Waals surface area contributed by atoms with Gasteiger partial charge in [-0.1, -0.05) is 60.7 Å². The first-order valence-corrected chi connectivity index (χ1v) is 11.2. The zero-order chi connectivity index (χ0) is 21.7. The average Bonchev–Trinajstić information content (AvgIpc) is 3.11. The second-order valence-electron chi connectivity index (χ2n) is 8.13. The van der Waals surface area contributed by atoms with Crippen LogP contribution in [0.25, 0.3) is 11.1 Å². The Morgan fingerprint density at radius 2 is 1.06 bits per heavy atom. The molecule has 0 unspecified atom stereocenters. The molecule has 1 spiro atoms. The summed E-state index contributed by atoms with van der Waals surface area (Å²) in [5, 5.41) is 0. The Bertz CT molecular complexity index is 1240. The van der Waals surface area contributed by atoms with Crippen molar-refractivity contribution in [2.24, 2.45) is 0 Å². The maximum absolute atomic E-state index is 6.51. The lowest BCUT2D eigenvalue weighted by Gasteiger charge is -2.39. The van der Waals surface area contributed by atoms with E-state index in [4.69, 9.17) is 14.2 Å². The van der Waals surface area contributed by atoms with E-state index in [-0.39, 0.29) is 0 Å². The molecule has 1 heterocycles. The summed E-state index contributed by atoms with van der Waals surface area (Å²) in [5.74, 6) is 3.27. The lowest BCUT2D eigenvalue weighted by Crippen LogP contribution is -2.32. The maximum Gasteiger partial charge on any atom is 0.135 e.